The highest BCUT2D eigenvalue weighted by Crippen LogP contribution is 2.44. The Morgan fingerprint density at radius 1 is 0.771 bits per heavy atom. The molecule has 1 atom stereocenters. The van der Waals surface area contributed by atoms with Gasteiger partial charge in [-0.2, -0.15) is 8.42 Å². The van der Waals surface area contributed by atoms with E-state index < -0.39 is 16.2 Å². The molecule has 0 bridgehead atoms. The van der Waals surface area contributed by atoms with Gasteiger partial charge in [0.05, 0.1) is 6.61 Å². The third kappa shape index (κ3) is 5.41. The van der Waals surface area contributed by atoms with Gasteiger partial charge in [0, 0.05) is 6.42 Å². The van der Waals surface area contributed by atoms with Crippen molar-refractivity contribution < 1.29 is 27.2 Å². The zero-order valence-electron chi connectivity index (χ0n) is 20.1. The number of carbonyl (C=O) groups excluding carboxylic acids is 1. The summed E-state index contributed by atoms with van der Waals surface area (Å²) < 4.78 is 46.6. The van der Waals surface area contributed by atoms with E-state index in [4.69, 9.17) is 9.47 Å². The Morgan fingerprint density at radius 3 is 1.77 bits per heavy atom. The molecule has 1 unspecified atom stereocenters. The van der Waals surface area contributed by atoms with Crippen molar-refractivity contribution in [3.8, 4) is 16.9 Å². The first-order chi connectivity index (χ1) is 16.9. The molecule has 35 heavy (non-hydrogen) atoms. The summed E-state index contributed by atoms with van der Waals surface area (Å²) in [7, 11) is -4.35. The molecule has 1 N–H and O–H groups in total. The monoisotopic (exact) mass is 498 g/mol. The van der Waals surface area contributed by atoms with Crippen LogP contribution in [0.15, 0.2) is 41.3 Å². The van der Waals surface area contributed by atoms with Crippen LogP contribution >= 0.6 is 0 Å². The summed E-state index contributed by atoms with van der Waals surface area (Å²) in [5, 5.41) is 0. The molecule has 3 fully saturated rings. The molecule has 1 heterocycles. The van der Waals surface area contributed by atoms with E-state index in [1.807, 2.05) is 36.4 Å². The van der Waals surface area contributed by atoms with Gasteiger partial charge >= 0.3 is 5.97 Å². The highest BCUT2D eigenvalue weighted by molar-refractivity contribution is 7.86. The molecule has 2 aromatic carbocycles. The van der Waals surface area contributed by atoms with Gasteiger partial charge in [0.2, 0.25) is 0 Å². The fourth-order valence-corrected chi connectivity index (χ4v) is 7.09. The third-order valence-electron chi connectivity index (χ3n) is 7.85. The fourth-order valence-electron chi connectivity index (χ4n) is 6.05. The van der Waals surface area contributed by atoms with E-state index in [9.17, 15) is 17.8 Å². The Labute approximate surface area is 207 Å². The minimum atomic E-state index is -4.35. The van der Waals surface area contributed by atoms with Gasteiger partial charge in [-0.3, -0.25) is 4.55 Å². The predicted molar refractivity (Wildman–Crippen MR) is 133 cm³/mol. The van der Waals surface area contributed by atoms with Gasteiger partial charge in [0.15, 0.2) is 6.10 Å². The molecule has 6 nitrogen and oxygen atoms in total. The molecule has 2 aromatic rings. The maximum absolute atomic E-state index is 12.7. The highest BCUT2D eigenvalue weighted by Gasteiger charge is 2.31. The standard InChI is InChI=1S/C28H34O6S/c29-28-26(15-16-33-28)34-23-13-11-19(12-14-23)22-17-24(20-7-3-1-4-8-20)27(35(30,31)32)25(18-22)21-9-5-2-6-10-21/h11-14,17-18,20-21,26H,1-10,15-16H2,(H,30,31,32). The van der Waals surface area contributed by atoms with Crippen LogP contribution in [-0.4, -0.2) is 31.7 Å². The zero-order valence-corrected chi connectivity index (χ0v) is 20.9. The number of carbonyl (C=O) groups is 1. The SMILES string of the molecule is O=C1OCCC1Oc1ccc(-c2cc(C3CCCCC3)c(S(=O)(=O)O)c(C3CCCCC3)c2)cc1. The Balaban J connectivity index is 1.55. The molecule has 1 saturated heterocycles. The van der Waals surface area contributed by atoms with Crippen molar-refractivity contribution in [3.05, 3.63) is 47.5 Å². The maximum Gasteiger partial charge on any atom is 0.347 e. The quantitative estimate of drug-likeness (QED) is 0.367. The summed E-state index contributed by atoms with van der Waals surface area (Å²) >= 11 is 0. The minimum absolute atomic E-state index is 0.138. The second-order valence-electron chi connectivity index (χ2n) is 10.2. The fraction of sp³-hybridized carbons (Fsp3) is 0.536. The van der Waals surface area contributed by atoms with E-state index in [-0.39, 0.29) is 22.7 Å². The van der Waals surface area contributed by atoms with Crippen molar-refractivity contribution in [2.24, 2.45) is 0 Å². The molecule has 1 aliphatic heterocycles. The first-order valence-electron chi connectivity index (χ1n) is 13.0. The van der Waals surface area contributed by atoms with Crippen LogP contribution in [0.2, 0.25) is 0 Å². The lowest BCUT2D eigenvalue weighted by Gasteiger charge is -2.29. The zero-order chi connectivity index (χ0) is 24.4. The van der Waals surface area contributed by atoms with E-state index in [0.717, 1.165) is 73.6 Å². The summed E-state index contributed by atoms with van der Waals surface area (Å²) in [6, 6.07) is 11.6. The normalized spacial score (nSPS) is 22.2. The number of hydrogen-bond donors (Lipinski definition) is 1. The number of esters is 1. The smallest absolute Gasteiger partial charge is 0.347 e. The van der Waals surface area contributed by atoms with Crippen molar-refractivity contribution in [2.45, 2.75) is 93.5 Å². The van der Waals surface area contributed by atoms with Crippen LogP contribution in [-0.2, 0) is 19.6 Å². The van der Waals surface area contributed by atoms with Crippen LogP contribution in [0.4, 0.5) is 0 Å². The van der Waals surface area contributed by atoms with Gasteiger partial charge in [-0.05, 0) is 84.0 Å². The van der Waals surface area contributed by atoms with Crippen LogP contribution in [0.25, 0.3) is 11.1 Å². The summed E-state index contributed by atoms with van der Waals surface area (Å²) in [6.45, 7) is 0.385. The maximum atomic E-state index is 12.7. The van der Waals surface area contributed by atoms with Crippen LogP contribution in [0.5, 0.6) is 5.75 Å². The Morgan fingerprint density at radius 2 is 1.31 bits per heavy atom. The van der Waals surface area contributed by atoms with E-state index in [1.165, 1.54) is 12.8 Å². The number of hydrogen-bond acceptors (Lipinski definition) is 5. The van der Waals surface area contributed by atoms with Crippen molar-refractivity contribution in [1.82, 2.24) is 0 Å². The molecule has 3 aliphatic rings. The van der Waals surface area contributed by atoms with E-state index >= 15 is 0 Å². The molecule has 2 aliphatic carbocycles. The molecular formula is C28H34O6S. The lowest BCUT2D eigenvalue weighted by atomic mass is 9.78. The highest BCUT2D eigenvalue weighted by atomic mass is 32.2. The molecule has 0 radical (unpaired) electrons. The van der Waals surface area contributed by atoms with Crippen molar-refractivity contribution in [3.63, 3.8) is 0 Å². The van der Waals surface area contributed by atoms with Gasteiger partial charge in [-0.1, -0.05) is 50.7 Å². The van der Waals surface area contributed by atoms with E-state index in [1.54, 1.807) is 0 Å². The molecule has 0 aromatic heterocycles. The molecule has 0 spiro atoms. The molecule has 5 rings (SSSR count). The summed E-state index contributed by atoms with van der Waals surface area (Å²) in [4.78, 5) is 11.9. The Bertz CT molecular complexity index is 1120. The third-order valence-corrected chi connectivity index (χ3v) is 8.83. The van der Waals surface area contributed by atoms with Crippen LogP contribution < -0.4 is 4.74 Å². The lowest BCUT2D eigenvalue weighted by molar-refractivity contribution is -0.143. The Hall–Kier alpha value is -2.38. The van der Waals surface area contributed by atoms with Gasteiger partial charge in [-0.15, -0.1) is 0 Å². The average Bonchev–Trinajstić information content (AvgIpc) is 3.28. The van der Waals surface area contributed by atoms with E-state index in [2.05, 4.69) is 0 Å². The van der Waals surface area contributed by atoms with Crippen LogP contribution in [0.1, 0.15) is 93.6 Å². The van der Waals surface area contributed by atoms with Gasteiger partial charge in [0.1, 0.15) is 10.6 Å². The van der Waals surface area contributed by atoms with Gasteiger partial charge in [-0.25, -0.2) is 4.79 Å². The van der Waals surface area contributed by atoms with Crippen molar-refractivity contribution in [1.29, 1.82) is 0 Å². The summed E-state index contributed by atoms with van der Waals surface area (Å²) in [5.41, 5.74) is 3.48. The molecule has 2 saturated carbocycles. The predicted octanol–water partition coefficient (Wildman–Crippen LogP) is 6.39. The number of ether oxygens (including phenoxy) is 2. The van der Waals surface area contributed by atoms with Gasteiger partial charge in [0.25, 0.3) is 10.1 Å². The second-order valence-corrected chi connectivity index (χ2v) is 11.6. The molecule has 188 valence electrons. The topological polar surface area (TPSA) is 89.9 Å². The first kappa shape index (κ1) is 24.3. The largest absolute Gasteiger partial charge is 0.479 e. The van der Waals surface area contributed by atoms with Crippen molar-refractivity contribution in [2.75, 3.05) is 6.61 Å². The number of cyclic esters (lactones) is 1. The molecule has 0 amide bonds. The summed E-state index contributed by atoms with van der Waals surface area (Å²) in [5.74, 6) is 0.550. The Kier molecular flexibility index (Phi) is 7.17. The average molecular weight is 499 g/mol. The second kappa shape index (κ2) is 10.3. The number of rotatable bonds is 6. The van der Waals surface area contributed by atoms with Gasteiger partial charge < -0.3 is 9.47 Å². The van der Waals surface area contributed by atoms with E-state index in [0.29, 0.717) is 18.8 Å². The van der Waals surface area contributed by atoms with Crippen LogP contribution in [0, 0.1) is 0 Å². The molecule has 7 heteroatoms. The van der Waals surface area contributed by atoms with Crippen LogP contribution in [0.3, 0.4) is 0 Å². The molecular weight excluding hydrogens is 464 g/mol. The lowest BCUT2D eigenvalue weighted by Crippen LogP contribution is -2.21. The number of benzene rings is 2. The first-order valence-corrected chi connectivity index (χ1v) is 14.4. The minimum Gasteiger partial charge on any atom is -0.479 e. The summed E-state index contributed by atoms with van der Waals surface area (Å²) in [6.07, 6.45) is 10.4. The van der Waals surface area contributed by atoms with Crippen molar-refractivity contribution >= 4 is 16.1 Å².